The van der Waals surface area contributed by atoms with Gasteiger partial charge in [0.1, 0.15) is 5.75 Å². The predicted molar refractivity (Wildman–Crippen MR) is 105 cm³/mol. The zero-order chi connectivity index (χ0) is 20.2. The lowest BCUT2D eigenvalue weighted by Crippen LogP contribution is -2.50. The second kappa shape index (κ2) is 8.14. The Balaban J connectivity index is 1.36. The Morgan fingerprint density at radius 2 is 1.38 bits per heavy atom. The summed E-state index contributed by atoms with van der Waals surface area (Å²) in [6.07, 6.45) is 1.26. The number of piperazine rings is 1. The Morgan fingerprint density at radius 3 is 1.83 bits per heavy atom. The van der Waals surface area contributed by atoms with Crippen molar-refractivity contribution in [2.45, 2.75) is 0 Å². The molecular weight excluding hydrogens is 372 g/mol. The molecule has 0 radical (unpaired) electrons. The highest BCUT2D eigenvalue weighted by molar-refractivity contribution is 5.96. The molecule has 0 unspecified atom stereocenters. The third kappa shape index (κ3) is 3.96. The van der Waals surface area contributed by atoms with Gasteiger partial charge in [0.25, 0.3) is 11.8 Å². The molecule has 2 heterocycles. The van der Waals surface area contributed by atoms with E-state index in [4.69, 9.17) is 9.26 Å². The zero-order valence-corrected chi connectivity index (χ0v) is 15.9. The number of benzene rings is 2. The molecule has 4 rings (SSSR count). The van der Waals surface area contributed by atoms with Crippen LogP contribution < -0.4 is 4.74 Å². The lowest BCUT2D eigenvalue weighted by molar-refractivity contribution is 0.0535. The Bertz CT molecular complexity index is 977. The summed E-state index contributed by atoms with van der Waals surface area (Å²) in [5.41, 5.74) is 1.99. The van der Waals surface area contributed by atoms with Crippen LogP contribution in [0.1, 0.15) is 20.7 Å². The number of rotatable bonds is 4. The van der Waals surface area contributed by atoms with Gasteiger partial charge in [-0.15, -0.1) is 0 Å². The molecule has 0 aliphatic carbocycles. The summed E-state index contributed by atoms with van der Waals surface area (Å²) < 4.78 is 9.86. The van der Waals surface area contributed by atoms with E-state index in [9.17, 15) is 9.59 Å². The van der Waals surface area contributed by atoms with E-state index in [1.165, 1.54) is 6.39 Å². The van der Waals surface area contributed by atoms with Crippen molar-refractivity contribution in [2.75, 3.05) is 33.3 Å². The van der Waals surface area contributed by atoms with Crippen LogP contribution in [0, 0.1) is 0 Å². The molecule has 0 bridgehead atoms. The third-order valence-electron chi connectivity index (χ3n) is 4.94. The van der Waals surface area contributed by atoms with Crippen molar-refractivity contribution in [2.24, 2.45) is 0 Å². The second-order valence-corrected chi connectivity index (χ2v) is 6.65. The number of hydrogen-bond donors (Lipinski definition) is 0. The fourth-order valence-corrected chi connectivity index (χ4v) is 3.27. The van der Waals surface area contributed by atoms with Crippen molar-refractivity contribution in [3.63, 3.8) is 0 Å². The van der Waals surface area contributed by atoms with Gasteiger partial charge in [-0.2, -0.15) is 4.98 Å². The molecule has 0 saturated carbocycles. The molecule has 8 nitrogen and oxygen atoms in total. The number of hydrogen-bond acceptors (Lipinski definition) is 6. The first kappa shape index (κ1) is 18.7. The first-order valence-electron chi connectivity index (χ1n) is 9.25. The summed E-state index contributed by atoms with van der Waals surface area (Å²) in [6.45, 7) is 1.98. The quantitative estimate of drug-likeness (QED) is 0.677. The van der Waals surface area contributed by atoms with Gasteiger partial charge < -0.3 is 19.1 Å². The van der Waals surface area contributed by atoms with Gasteiger partial charge in [0.15, 0.2) is 0 Å². The minimum Gasteiger partial charge on any atom is -0.497 e. The van der Waals surface area contributed by atoms with E-state index < -0.39 is 0 Å². The first-order valence-corrected chi connectivity index (χ1v) is 9.25. The zero-order valence-electron chi connectivity index (χ0n) is 15.9. The molecule has 1 aromatic heterocycles. The number of methoxy groups -OCH3 is 1. The van der Waals surface area contributed by atoms with Crippen molar-refractivity contribution in [3.05, 3.63) is 66.1 Å². The topological polar surface area (TPSA) is 88.8 Å². The van der Waals surface area contributed by atoms with Crippen molar-refractivity contribution in [1.82, 2.24) is 19.9 Å². The highest BCUT2D eigenvalue weighted by atomic mass is 16.5. The summed E-state index contributed by atoms with van der Waals surface area (Å²) in [6, 6.07) is 14.1. The van der Waals surface area contributed by atoms with E-state index in [1.54, 1.807) is 65.4 Å². The molecule has 2 amide bonds. The lowest BCUT2D eigenvalue weighted by atomic mass is 10.1. The molecule has 0 N–H and O–H groups in total. The van der Waals surface area contributed by atoms with E-state index in [0.717, 1.165) is 5.56 Å². The molecule has 0 spiro atoms. The molecular formula is C21H20N4O4. The van der Waals surface area contributed by atoms with Gasteiger partial charge in [0.2, 0.25) is 12.2 Å². The van der Waals surface area contributed by atoms with Gasteiger partial charge in [0.05, 0.1) is 7.11 Å². The Labute approximate surface area is 167 Å². The smallest absolute Gasteiger partial charge is 0.253 e. The van der Waals surface area contributed by atoms with Crippen LogP contribution in [-0.2, 0) is 0 Å². The van der Waals surface area contributed by atoms with Gasteiger partial charge in [0, 0.05) is 42.9 Å². The molecule has 1 saturated heterocycles. The third-order valence-corrected chi connectivity index (χ3v) is 4.94. The number of amides is 2. The van der Waals surface area contributed by atoms with E-state index >= 15 is 0 Å². The normalized spacial score (nSPS) is 14.0. The molecule has 3 aromatic rings. The highest BCUT2D eigenvalue weighted by Crippen LogP contribution is 2.18. The van der Waals surface area contributed by atoms with Crippen molar-refractivity contribution < 1.29 is 18.8 Å². The van der Waals surface area contributed by atoms with Crippen LogP contribution in [0.5, 0.6) is 5.75 Å². The number of carbonyl (C=O) groups excluding carboxylic acids is 2. The van der Waals surface area contributed by atoms with E-state index in [2.05, 4.69) is 10.1 Å². The Hall–Kier alpha value is -3.68. The number of nitrogens with zero attached hydrogens (tertiary/aromatic N) is 4. The Morgan fingerprint density at radius 1 is 0.862 bits per heavy atom. The second-order valence-electron chi connectivity index (χ2n) is 6.65. The monoisotopic (exact) mass is 392 g/mol. The standard InChI is InChI=1S/C21H20N4O4/c1-28-18-8-6-17(7-9-18)21(27)25-12-10-24(11-13-25)20(26)16-4-2-15(3-5-16)19-22-14-29-23-19/h2-9,14H,10-13H2,1H3. The van der Waals surface area contributed by atoms with Crippen molar-refractivity contribution in [1.29, 1.82) is 0 Å². The predicted octanol–water partition coefficient (Wildman–Crippen LogP) is 2.34. The summed E-state index contributed by atoms with van der Waals surface area (Å²) in [5, 5.41) is 3.78. The van der Waals surface area contributed by atoms with Crippen LogP contribution in [0.2, 0.25) is 0 Å². The summed E-state index contributed by atoms with van der Waals surface area (Å²) in [5.74, 6) is 1.10. The number of carbonyl (C=O) groups is 2. The molecule has 29 heavy (non-hydrogen) atoms. The van der Waals surface area contributed by atoms with Crippen LogP contribution in [0.4, 0.5) is 0 Å². The lowest BCUT2D eigenvalue weighted by Gasteiger charge is -2.35. The minimum absolute atomic E-state index is 0.0378. The fourth-order valence-electron chi connectivity index (χ4n) is 3.27. The van der Waals surface area contributed by atoms with Crippen molar-refractivity contribution >= 4 is 11.8 Å². The molecule has 1 fully saturated rings. The molecule has 1 aliphatic rings. The van der Waals surface area contributed by atoms with Crippen LogP contribution in [-0.4, -0.2) is 65.0 Å². The summed E-state index contributed by atoms with van der Waals surface area (Å²) >= 11 is 0. The first-order chi connectivity index (χ1) is 14.2. The maximum atomic E-state index is 12.8. The van der Waals surface area contributed by atoms with Gasteiger partial charge in [-0.1, -0.05) is 17.3 Å². The molecule has 8 heteroatoms. The largest absolute Gasteiger partial charge is 0.497 e. The maximum absolute atomic E-state index is 12.8. The number of aromatic nitrogens is 2. The van der Waals surface area contributed by atoms with Crippen LogP contribution in [0.3, 0.4) is 0 Å². The average Bonchev–Trinajstić information content (AvgIpc) is 3.33. The summed E-state index contributed by atoms with van der Waals surface area (Å²) in [7, 11) is 1.59. The maximum Gasteiger partial charge on any atom is 0.253 e. The van der Waals surface area contributed by atoms with E-state index in [0.29, 0.717) is 48.9 Å². The van der Waals surface area contributed by atoms with E-state index in [1.807, 2.05) is 0 Å². The van der Waals surface area contributed by atoms with Crippen LogP contribution >= 0.6 is 0 Å². The Kier molecular flexibility index (Phi) is 5.24. The van der Waals surface area contributed by atoms with E-state index in [-0.39, 0.29) is 11.8 Å². The van der Waals surface area contributed by atoms with Gasteiger partial charge in [-0.05, 0) is 36.4 Å². The van der Waals surface area contributed by atoms with Crippen LogP contribution in [0.25, 0.3) is 11.4 Å². The molecule has 148 valence electrons. The highest BCUT2D eigenvalue weighted by Gasteiger charge is 2.25. The molecule has 2 aromatic carbocycles. The van der Waals surface area contributed by atoms with Crippen LogP contribution in [0.15, 0.2) is 59.4 Å². The van der Waals surface area contributed by atoms with Gasteiger partial charge in [-0.25, -0.2) is 0 Å². The van der Waals surface area contributed by atoms with Gasteiger partial charge >= 0.3 is 0 Å². The number of ether oxygens (including phenoxy) is 1. The fraction of sp³-hybridized carbons (Fsp3) is 0.238. The molecule has 0 atom stereocenters. The molecule has 1 aliphatic heterocycles. The SMILES string of the molecule is COc1ccc(C(=O)N2CCN(C(=O)c3ccc(-c4ncon4)cc3)CC2)cc1. The summed E-state index contributed by atoms with van der Waals surface area (Å²) in [4.78, 5) is 33.0. The van der Waals surface area contributed by atoms with Gasteiger partial charge in [-0.3, -0.25) is 9.59 Å². The average molecular weight is 392 g/mol. The minimum atomic E-state index is -0.0544. The van der Waals surface area contributed by atoms with Crippen molar-refractivity contribution in [3.8, 4) is 17.1 Å².